The summed E-state index contributed by atoms with van der Waals surface area (Å²) in [5.74, 6) is -0.297. The minimum Gasteiger partial charge on any atom is -0.508 e. The van der Waals surface area contributed by atoms with Gasteiger partial charge in [-0.2, -0.15) is 13.2 Å². The summed E-state index contributed by atoms with van der Waals surface area (Å²) >= 11 is 0. The highest BCUT2D eigenvalue weighted by atomic mass is 19.4. The summed E-state index contributed by atoms with van der Waals surface area (Å²) in [5, 5.41) is 9.34. The standard InChI is InChI=1S/C18H26F3N3O2/c1-14(2)11-24(13-18(19,20)21)17(26)12-22-7-9-23(10-8-22)15-3-5-16(25)6-4-15/h3-6,14,25H,7-13H2,1-2H3. The van der Waals surface area contributed by atoms with E-state index in [-0.39, 0.29) is 24.8 Å². The topological polar surface area (TPSA) is 47.0 Å². The van der Waals surface area contributed by atoms with Crippen molar-refractivity contribution in [2.75, 3.05) is 50.7 Å². The molecule has 2 rings (SSSR count). The highest BCUT2D eigenvalue weighted by Gasteiger charge is 2.33. The zero-order valence-electron chi connectivity index (χ0n) is 15.2. The molecular weight excluding hydrogens is 347 g/mol. The van der Waals surface area contributed by atoms with Crippen molar-refractivity contribution in [3.8, 4) is 5.75 Å². The van der Waals surface area contributed by atoms with E-state index in [1.165, 1.54) is 0 Å². The van der Waals surface area contributed by atoms with Crippen LogP contribution in [-0.2, 0) is 4.79 Å². The summed E-state index contributed by atoms with van der Waals surface area (Å²) in [6.45, 7) is 5.08. The molecule has 0 atom stereocenters. The fraction of sp³-hybridized carbons (Fsp3) is 0.611. The Morgan fingerprint density at radius 3 is 2.23 bits per heavy atom. The molecule has 26 heavy (non-hydrogen) atoms. The molecule has 0 unspecified atom stereocenters. The molecule has 0 aliphatic carbocycles. The average molecular weight is 373 g/mol. The Labute approximate surface area is 152 Å². The highest BCUT2D eigenvalue weighted by molar-refractivity contribution is 5.78. The monoisotopic (exact) mass is 373 g/mol. The summed E-state index contributed by atoms with van der Waals surface area (Å²) in [6.07, 6.45) is -4.39. The number of carbonyl (C=O) groups excluding carboxylic acids is 1. The molecule has 1 amide bonds. The predicted molar refractivity (Wildman–Crippen MR) is 94.2 cm³/mol. The van der Waals surface area contributed by atoms with E-state index in [9.17, 15) is 23.1 Å². The molecule has 0 spiro atoms. The van der Waals surface area contributed by atoms with Gasteiger partial charge < -0.3 is 14.9 Å². The van der Waals surface area contributed by atoms with Crippen LogP contribution in [0.5, 0.6) is 5.75 Å². The Hall–Kier alpha value is -1.96. The van der Waals surface area contributed by atoms with Gasteiger partial charge in [0.15, 0.2) is 0 Å². The number of piperazine rings is 1. The number of nitrogens with zero attached hydrogens (tertiary/aromatic N) is 3. The molecule has 146 valence electrons. The summed E-state index contributed by atoms with van der Waals surface area (Å²) in [5.41, 5.74) is 0.979. The van der Waals surface area contributed by atoms with Crippen LogP contribution in [0.15, 0.2) is 24.3 Å². The third-order valence-electron chi connectivity index (χ3n) is 4.25. The molecule has 8 heteroatoms. The maximum absolute atomic E-state index is 12.7. The molecule has 1 aliphatic rings. The van der Waals surface area contributed by atoms with Gasteiger partial charge in [-0.05, 0) is 30.2 Å². The summed E-state index contributed by atoms with van der Waals surface area (Å²) in [6, 6.07) is 6.88. The first-order valence-electron chi connectivity index (χ1n) is 8.75. The normalized spacial score (nSPS) is 16.2. The van der Waals surface area contributed by atoms with E-state index in [0.717, 1.165) is 10.6 Å². The van der Waals surface area contributed by atoms with E-state index in [0.29, 0.717) is 26.2 Å². The molecular formula is C18H26F3N3O2. The van der Waals surface area contributed by atoms with Crippen LogP contribution in [0.4, 0.5) is 18.9 Å². The van der Waals surface area contributed by atoms with Crippen molar-refractivity contribution in [1.29, 1.82) is 0 Å². The largest absolute Gasteiger partial charge is 0.508 e. The first kappa shape index (κ1) is 20.4. The number of carbonyl (C=O) groups is 1. The number of hydrogen-bond donors (Lipinski definition) is 1. The van der Waals surface area contributed by atoms with E-state index >= 15 is 0 Å². The van der Waals surface area contributed by atoms with Crippen molar-refractivity contribution >= 4 is 11.6 Å². The molecule has 0 bridgehead atoms. The third kappa shape index (κ3) is 6.40. The van der Waals surface area contributed by atoms with Crippen molar-refractivity contribution in [3.63, 3.8) is 0 Å². The van der Waals surface area contributed by atoms with E-state index in [4.69, 9.17) is 0 Å². The fourth-order valence-electron chi connectivity index (χ4n) is 3.03. The van der Waals surface area contributed by atoms with Crippen molar-refractivity contribution < 1.29 is 23.1 Å². The molecule has 1 aromatic rings. The SMILES string of the molecule is CC(C)CN(CC(F)(F)F)C(=O)CN1CCN(c2ccc(O)cc2)CC1. The number of phenols is 1. The second-order valence-corrected chi connectivity index (χ2v) is 7.06. The van der Waals surface area contributed by atoms with E-state index in [2.05, 4.69) is 4.90 Å². The Morgan fingerprint density at radius 2 is 1.73 bits per heavy atom. The van der Waals surface area contributed by atoms with Crippen LogP contribution in [0.3, 0.4) is 0 Å². The number of phenolic OH excluding ortho intramolecular Hbond substituents is 1. The van der Waals surface area contributed by atoms with Crippen LogP contribution in [-0.4, -0.2) is 72.8 Å². The second-order valence-electron chi connectivity index (χ2n) is 7.06. The Kier molecular flexibility index (Phi) is 6.75. The van der Waals surface area contributed by atoms with Gasteiger partial charge in [-0.25, -0.2) is 0 Å². The molecule has 0 saturated carbocycles. The molecule has 1 aliphatic heterocycles. The number of alkyl halides is 3. The molecule has 1 N–H and O–H groups in total. The minimum atomic E-state index is -4.39. The van der Waals surface area contributed by atoms with E-state index in [1.807, 2.05) is 17.0 Å². The fourth-order valence-corrected chi connectivity index (χ4v) is 3.03. The lowest BCUT2D eigenvalue weighted by molar-refractivity contribution is -0.162. The maximum Gasteiger partial charge on any atom is 0.406 e. The number of rotatable bonds is 6. The van der Waals surface area contributed by atoms with Gasteiger partial charge in [0, 0.05) is 38.4 Å². The lowest BCUT2D eigenvalue weighted by Gasteiger charge is -2.37. The molecule has 1 heterocycles. The maximum atomic E-state index is 12.7. The van der Waals surface area contributed by atoms with E-state index in [1.54, 1.807) is 26.0 Å². The second kappa shape index (κ2) is 8.62. The summed E-state index contributed by atoms with van der Waals surface area (Å²) in [4.78, 5) is 17.3. The van der Waals surface area contributed by atoms with Gasteiger partial charge >= 0.3 is 6.18 Å². The summed E-state index contributed by atoms with van der Waals surface area (Å²) in [7, 11) is 0. The van der Waals surface area contributed by atoms with Crippen molar-refractivity contribution in [2.24, 2.45) is 5.92 Å². The van der Waals surface area contributed by atoms with Gasteiger partial charge in [0.05, 0.1) is 6.54 Å². The molecule has 0 aromatic heterocycles. The highest BCUT2D eigenvalue weighted by Crippen LogP contribution is 2.20. The van der Waals surface area contributed by atoms with Crippen LogP contribution in [0.1, 0.15) is 13.8 Å². The lowest BCUT2D eigenvalue weighted by Crippen LogP contribution is -2.51. The summed E-state index contributed by atoms with van der Waals surface area (Å²) < 4.78 is 38.2. The Morgan fingerprint density at radius 1 is 1.15 bits per heavy atom. The molecule has 1 fully saturated rings. The van der Waals surface area contributed by atoms with Crippen LogP contribution >= 0.6 is 0 Å². The number of aromatic hydroxyl groups is 1. The molecule has 0 radical (unpaired) electrons. The number of benzene rings is 1. The van der Waals surface area contributed by atoms with Crippen molar-refractivity contribution in [2.45, 2.75) is 20.0 Å². The molecule has 1 aromatic carbocycles. The first-order valence-corrected chi connectivity index (χ1v) is 8.75. The van der Waals surface area contributed by atoms with Gasteiger partial charge in [0.1, 0.15) is 12.3 Å². The smallest absolute Gasteiger partial charge is 0.406 e. The van der Waals surface area contributed by atoms with E-state index < -0.39 is 18.6 Å². The average Bonchev–Trinajstić information content (AvgIpc) is 2.54. The third-order valence-corrected chi connectivity index (χ3v) is 4.25. The van der Waals surface area contributed by atoms with Gasteiger partial charge in [-0.15, -0.1) is 0 Å². The predicted octanol–water partition coefficient (Wildman–Crippen LogP) is 2.56. The van der Waals surface area contributed by atoms with Crippen LogP contribution in [0.2, 0.25) is 0 Å². The Bertz CT molecular complexity index is 582. The quantitative estimate of drug-likeness (QED) is 0.833. The molecule has 5 nitrogen and oxygen atoms in total. The van der Waals surface area contributed by atoms with Gasteiger partial charge in [0.25, 0.3) is 0 Å². The zero-order chi connectivity index (χ0) is 19.3. The lowest BCUT2D eigenvalue weighted by atomic mass is 10.2. The number of anilines is 1. The molecule has 1 saturated heterocycles. The zero-order valence-corrected chi connectivity index (χ0v) is 15.2. The minimum absolute atomic E-state index is 0.00617. The number of halogens is 3. The van der Waals surface area contributed by atoms with Crippen LogP contribution in [0.25, 0.3) is 0 Å². The Balaban J connectivity index is 1.88. The van der Waals surface area contributed by atoms with Crippen LogP contribution in [0, 0.1) is 5.92 Å². The van der Waals surface area contributed by atoms with Gasteiger partial charge in [-0.1, -0.05) is 13.8 Å². The van der Waals surface area contributed by atoms with Crippen molar-refractivity contribution in [1.82, 2.24) is 9.80 Å². The number of amides is 1. The number of hydrogen-bond acceptors (Lipinski definition) is 4. The van der Waals surface area contributed by atoms with Crippen LogP contribution < -0.4 is 4.90 Å². The first-order chi connectivity index (χ1) is 12.1. The van der Waals surface area contributed by atoms with Gasteiger partial charge in [-0.3, -0.25) is 9.69 Å². The van der Waals surface area contributed by atoms with Crippen molar-refractivity contribution in [3.05, 3.63) is 24.3 Å². The van der Waals surface area contributed by atoms with Gasteiger partial charge in [0.2, 0.25) is 5.91 Å².